The molecule has 23 nitrogen and oxygen atoms in total. The molecule has 0 spiro atoms. The summed E-state index contributed by atoms with van der Waals surface area (Å²) >= 11 is 0. The van der Waals surface area contributed by atoms with Gasteiger partial charge in [-0.15, -0.1) is 0 Å². The Morgan fingerprint density at radius 1 is 0.639 bits per heavy atom. The number of aryl methyl sites for hydroxylation is 2. The van der Waals surface area contributed by atoms with E-state index in [1.54, 1.807) is 21.3 Å². The van der Waals surface area contributed by atoms with Gasteiger partial charge in [0.25, 0.3) is 0 Å². The van der Waals surface area contributed by atoms with Gasteiger partial charge in [0.2, 0.25) is 17.7 Å². The molecule has 0 fully saturated rings. The van der Waals surface area contributed by atoms with Crippen LogP contribution in [0.5, 0.6) is 0 Å². The zero-order valence-corrected chi connectivity index (χ0v) is 32.3. The maximum atomic E-state index is 13.0. The quantitative estimate of drug-likeness (QED) is 0.0600. The number of nitrogens with zero attached hydrogens (tertiary/aromatic N) is 8. The van der Waals surface area contributed by atoms with E-state index in [2.05, 4.69) is 56.5 Å². The van der Waals surface area contributed by atoms with Gasteiger partial charge in [-0.2, -0.15) is 0 Å². The summed E-state index contributed by atoms with van der Waals surface area (Å²) in [7, 11) is 0. The molecule has 2 atom stereocenters. The fourth-order valence-electron chi connectivity index (χ4n) is 5.76. The van der Waals surface area contributed by atoms with Gasteiger partial charge in [-0.05, 0) is 24.0 Å². The fourth-order valence-corrected chi connectivity index (χ4v) is 5.76. The standard InChI is InChI=1S/C38H40N14O9/c39-25(11-13-51-21-46-29-31(42-19-44-33(29)51)49-37(58)60-17-23-7-3-1-4-8-23)35(56)40-15-27(53)48-26(36(57)41-16-28(54)55)12-14-52-22-47-30-32(43-20-45-34(30)52)50-38(59)61-18-24-9-5-2-6-10-24/h1-10,19-22,25-26H,11-18,39H2,(H,40,56)(H,41,57)(H,48,53)(H,54,55)(H,42,44,49,58)(H,43,45,50,59)/t25-,26-/m0/s1. The number of rotatable bonds is 19. The molecule has 5 amide bonds. The van der Waals surface area contributed by atoms with Crippen LogP contribution in [0.25, 0.3) is 22.3 Å². The second-order valence-electron chi connectivity index (χ2n) is 13.2. The summed E-state index contributed by atoms with van der Waals surface area (Å²) in [5.41, 5.74) is 8.88. The summed E-state index contributed by atoms with van der Waals surface area (Å²) < 4.78 is 13.7. The maximum absolute atomic E-state index is 13.0. The smallest absolute Gasteiger partial charge is 0.413 e. The van der Waals surface area contributed by atoms with Crippen LogP contribution in [-0.2, 0) is 55.0 Å². The lowest BCUT2D eigenvalue weighted by Crippen LogP contribution is -2.51. The molecule has 0 saturated heterocycles. The molecule has 0 aliphatic rings. The molecule has 0 saturated carbocycles. The first kappa shape index (κ1) is 42.5. The average molecular weight is 837 g/mol. The Balaban J connectivity index is 0.991. The molecular formula is C38H40N14O9. The number of fused-ring (bicyclic) bond motifs is 2. The number of aromatic nitrogens is 8. The van der Waals surface area contributed by atoms with Crippen LogP contribution in [0.1, 0.15) is 24.0 Å². The number of carboxylic acid groups (broad SMARTS) is 1. The van der Waals surface area contributed by atoms with Crippen molar-refractivity contribution in [2.24, 2.45) is 5.73 Å². The van der Waals surface area contributed by atoms with Crippen molar-refractivity contribution in [2.75, 3.05) is 23.7 Å². The Bertz CT molecular complexity index is 2500. The molecule has 2 aromatic carbocycles. The highest BCUT2D eigenvalue weighted by Gasteiger charge is 2.24. The minimum Gasteiger partial charge on any atom is -0.480 e. The number of imidazole rings is 2. The number of nitrogens with one attached hydrogen (secondary N) is 5. The Morgan fingerprint density at radius 3 is 1.64 bits per heavy atom. The lowest BCUT2D eigenvalue weighted by Gasteiger charge is -2.19. The van der Waals surface area contributed by atoms with Crippen LogP contribution in [0, 0.1) is 0 Å². The molecule has 0 unspecified atom stereocenters. The molecule has 316 valence electrons. The molecule has 8 N–H and O–H groups in total. The van der Waals surface area contributed by atoms with E-state index in [-0.39, 0.29) is 67.5 Å². The minimum absolute atomic E-state index is 0.0291. The van der Waals surface area contributed by atoms with E-state index in [1.807, 2.05) is 48.5 Å². The van der Waals surface area contributed by atoms with Crippen molar-refractivity contribution in [3.05, 3.63) is 97.1 Å². The number of benzene rings is 2. The SMILES string of the molecule is N[C@@H](CCn1cnc2c(NC(=O)OCc3ccccc3)ncnc21)C(=O)NCC(=O)N[C@@H](CCn1cnc2c(NC(=O)OCc3ccccc3)ncnc21)C(=O)NCC(=O)O. The molecule has 0 aliphatic heterocycles. The number of amides is 5. The molecule has 0 aliphatic carbocycles. The van der Waals surface area contributed by atoms with Crippen molar-refractivity contribution in [1.82, 2.24) is 55.0 Å². The Morgan fingerprint density at radius 2 is 1.13 bits per heavy atom. The van der Waals surface area contributed by atoms with Crippen LogP contribution in [0.4, 0.5) is 21.2 Å². The summed E-state index contributed by atoms with van der Waals surface area (Å²) in [6, 6.07) is 15.9. The van der Waals surface area contributed by atoms with Gasteiger partial charge in [-0.1, -0.05) is 60.7 Å². The van der Waals surface area contributed by atoms with Crippen LogP contribution < -0.4 is 32.3 Å². The highest BCUT2D eigenvalue weighted by atomic mass is 16.6. The molecule has 6 rings (SSSR count). The molecule has 4 aromatic heterocycles. The number of carboxylic acids is 1. The van der Waals surface area contributed by atoms with Crippen molar-refractivity contribution in [3.63, 3.8) is 0 Å². The molecule has 0 bridgehead atoms. The van der Waals surface area contributed by atoms with Gasteiger partial charge in [-0.3, -0.25) is 29.8 Å². The van der Waals surface area contributed by atoms with E-state index in [4.69, 9.17) is 20.3 Å². The highest BCUT2D eigenvalue weighted by molar-refractivity contribution is 5.95. The van der Waals surface area contributed by atoms with Crippen molar-refractivity contribution in [3.8, 4) is 0 Å². The Kier molecular flexibility index (Phi) is 14.3. The van der Waals surface area contributed by atoms with E-state index >= 15 is 0 Å². The Hall–Kier alpha value is -8.08. The summed E-state index contributed by atoms with van der Waals surface area (Å²) in [6.45, 7) is -0.938. The maximum Gasteiger partial charge on any atom is 0.413 e. The van der Waals surface area contributed by atoms with Crippen molar-refractivity contribution < 1.29 is 43.3 Å². The van der Waals surface area contributed by atoms with E-state index in [1.165, 1.54) is 25.3 Å². The summed E-state index contributed by atoms with van der Waals surface area (Å²) in [6.07, 6.45) is 3.82. The number of ether oxygens (including phenoxy) is 2. The van der Waals surface area contributed by atoms with E-state index in [0.29, 0.717) is 5.65 Å². The normalized spacial score (nSPS) is 11.9. The molecule has 0 radical (unpaired) electrons. The lowest BCUT2D eigenvalue weighted by molar-refractivity contribution is -0.138. The van der Waals surface area contributed by atoms with Gasteiger partial charge < -0.3 is 45.4 Å². The van der Waals surface area contributed by atoms with Crippen molar-refractivity contribution in [1.29, 1.82) is 0 Å². The predicted molar refractivity (Wildman–Crippen MR) is 214 cm³/mol. The van der Waals surface area contributed by atoms with Gasteiger partial charge >= 0.3 is 18.2 Å². The van der Waals surface area contributed by atoms with Gasteiger partial charge in [0.15, 0.2) is 34.0 Å². The lowest BCUT2D eigenvalue weighted by atomic mass is 10.1. The van der Waals surface area contributed by atoms with E-state index in [0.717, 1.165) is 11.1 Å². The van der Waals surface area contributed by atoms with Gasteiger partial charge in [-0.25, -0.2) is 39.5 Å². The third-order valence-corrected chi connectivity index (χ3v) is 8.83. The first-order valence-electron chi connectivity index (χ1n) is 18.6. The molecule has 61 heavy (non-hydrogen) atoms. The zero-order chi connectivity index (χ0) is 43.1. The third-order valence-electron chi connectivity index (χ3n) is 8.83. The van der Waals surface area contributed by atoms with Crippen molar-refractivity contribution >= 4 is 69.8 Å². The number of hydrogen-bond donors (Lipinski definition) is 7. The molecular weight excluding hydrogens is 797 g/mol. The molecule has 23 heteroatoms. The number of aliphatic carboxylic acids is 1. The van der Waals surface area contributed by atoms with E-state index in [9.17, 15) is 28.8 Å². The number of carbonyl (C=O) groups excluding carboxylic acids is 5. The number of nitrogens with two attached hydrogens (primary N) is 1. The summed E-state index contributed by atoms with van der Waals surface area (Å²) in [4.78, 5) is 100. The van der Waals surface area contributed by atoms with Crippen molar-refractivity contribution in [2.45, 2.75) is 51.2 Å². The van der Waals surface area contributed by atoms with Crippen LogP contribution in [0.2, 0.25) is 0 Å². The van der Waals surface area contributed by atoms with Crippen LogP contribution in [-0.4, -0.2) is 105 Å². The summed E-state index contributed by atoms with van der Waals surface area (Å²) in [5, 5.41) is 21.4. The number of hydrogen-bond acceptors (Lipinski definition) is 15. The fraction of sp³-hybridized carbons (Fsp3) is 0.263. The number of anilines is 2. The van der Waals surface area contributed by atoms with Crippen LogP contribution in [0.15, 0.2) is 86.0 Å². The predicted octanol–water partition coefficient (Wildman–Crippen LogP) is 1.07. The zero-order valence-electron chi connectivity index (χ0n) is 32.3. The largest absolute Gasteiger partial charge is 0.480 e. The van der Waals surface area contributed by atoms with Gasteiger partial charge in [0, 0.05) is 13.1 Å². The first-order chi connectivity index (χ1) is 29.5. The summed E-state index contributed by atoms with van der Waals surface area (Å²) in [5.74, 6) is -3.31. The second-order valence-corrected chi connectivity index (χ2v) is 13.2. The third kappa shape index (κ3) is 12.0. The van der Waals surface area contributed by atoms with E-state index < -0.39 is 61.1 Å². The van der Waals surface area contributed by atoms with Gasteiger partial charge in [0.05, 0.1) is 25.2 Å². The highest BCUT2D eigenvalue weighted by Crippen LogP contribution is 2.20. The average Bonchev–Trinajstić information content (AvgIpc) is 3.89. The Labute approximate surface area is 345 Å². The van der Waals surface area contributed by atoms with Crippen LogP contribution in [0.3, 0.4) is 0 Å². The second kappa shape index (κ2) is 20.6. The topological polar surface area (TPSA) is 314 Å². The molecule has 4 heterocycles. The monoisotopic (exact) mass is 836 g/mol. The van der Waals surface area contributed by atoms with Gasteiger partial charge in [0.1, 0.15) is 38.5 Å². The number of carbonyl (C=O) groups is 6. The minimum atomic E-state index is -1.30. The molecule has 6 aromatic rings. The van der Waals surface area contributed by atoms with Crippen LogP contribution >= 0.6 is 0 Å². The first-order valence-corrected chi connectivity index (χ1v) is 18.6.